The molecule has 1 amide bonds. The van der Waals surface area contributed by atoms with Crippen molar-refractivity contribution in [3.05, 3.63) is 34.8 Å². The van der Waals surface area contributed by atoms with Crippen LogP contribution in [0.4, 0.5) is 4.79 Å². The van der Waals surface area contributed by atoms with Crippen LogP contribution in [0.25, 0.3) is 15.9 Å². The van der Waals surface area contributed by atoms with E-state index in [0.29, 0.717) is 24.4 Å². The van der Waals surface area contributed by atoms with Crippen molar-refractivity contribution in [1.82, 2.24) is 14.8 Å². The molecule has 4 rings (SSSR count). The lowest BCUT2D eigenvalue weighted by Gasteiger charge is -2.33. The van der Waals surface area contributed by atoms with E-state index < -0.39 is 5.60 Å². The molecular weight excluding hydrogens is 418 g/mol. The molecule has 1 unspecified atom stereocenters. The molecule has 0 saturated heterocycles. The van der Waals surface area contributed by atoms with Gasteiger partial charge in [0.1, 0.15) is 5.60 Å². The number of amides is 1. The molecule has 1 aromatic carbocycles. The van der Waals surface area contributed by atoms with E-state index >= 15 is 0 Å². The van der Waals surface area contributed by atoms with Crippen molar-refractivity contribution in [2.45, 2.75) is 77.4 Å². The van der Waals surface area contributed by atoms with Gasteiger partial charge in [-0.25, -0.2) is 9.78 Å². The fourth-order valence-electron chi connectivity index (χ4n) is 4.79. The Balaban J connectivity index is 1.57. The number of ether oxygens (including phenoxy) is 1. The average molecular weight is 456 g/mol. The Morgan fingerprint density at radius 2 is 1.91 bits per heavy atom. The van der Waals surface area contributed by atoms with Crippen molar-refractivity contribution < 1.29 is 9.53 Å². The Kier molecular flexibility index (Phi) is 6.64. The number of aromatic nitrogens is 1. The van der Waals surface area contributed by atoms with Gasteiger partial charge in [0.2, 0.25) is 0 Å². The predicted molar refractivity (Wildman–Crippen MR) is 133 cm³/mol. The lowest BCUT2D eigenvalue weighted by atomic mass is 9.86. The Labute approximate surface area is 196 Å². The molecule has 2 aromatic rings. The third kappa shape index (κ3) is 5.18. The first kappa shape index (κ1) is 23.2. The molecule has 0 bridgehead atoms. The van der Waals surface area contributed by atoms with Crippen LogP contribution in [-0.4, -0.2) is 53.2 Å². The van der Waals surface area contributed by atoms with Gasteiger partial charge in [0.15, 0.2) is 0 Å². The second-order valence-corrected chi connectivity index (χ2v) is 11.8. The standard InChI is InChI=1S/C26H37N3O2S/c1-17-7-13-22(29(16-17)25(30)31-26(2,3)4)19-10-14-23-21(15-19)27-24(32-23)18-8-11-20(12-9-18)28(5)6/h10,13-15,17-18,20H,7-9,11-12,16H2,1-6H3. The van der Waals surface area contributed by atoms with Gasteiger partial charge in [0, 0.05) is 24.1 Å². The van der Waals surface area contributed by atoms with Crippen molar-refractivity contribution in [3.8, 4) is 0 Å². The van der Waals surface area contributed by atoms with E-state index in [1.54, 1.807) is 4.90 Å². The highest BCUT2D eigenvalue weighted by Gasteiger charge is 2.30. The quantitative estimate of drug-likeness (QED) is 0.530. The molecule has 2 heterocycles. The number of fused-ring (bicyclic) bond motifs is 1. The Morgan fingerprint density at radius 3 is 2.56 bits per heavy atom. The smallest absolute Gasteiger partial charge is 0.414 e. The molecule has 32 heavy (non-hydrogen) atoms. The first-order valence-electron chi connectivity index (χ1n) is 11.9. The molecular formula is C26H37N3O2S. The summed E-state index contributed by atoms with van der Waals surface area (Å²) in [5, 5.41) is 1.27. The summed E-state index contributed by atoms with van der Waals surface area (Å²) < 4.78 is 6.93. The zero-order chi connectivity index (χ0) is 23.0. The van der Waals surface area contributed by atoms with Crippen molar-refractivity contribution in [1.29, 1.82) is 0 Å². The van der Waals surface area contributed by atoms with Gasteiger partial charge in [-0.2, -0.15) is 0 Å². The van der Waals surface area contributed by atoms with Crippen LogP contribution in [0.5, 0.6) is 0 Å². The number of nitrogens with zero attached hydrogens (tertiary/aromatic N) is 3. The lowest BCUT2D eigenvalue weighted by molar-refractivity contribution is 0.0327. The highest BCUT2D eigenvalue weighted by Crippen LogP contribution is 2.39. The highest BCUT2D eigenvalue weighted by atomic mass is 32.1. The van der Waals surface area contributed by atoms with Gasteiger partial charge < -0.3 is 9.64 Å². The zero-order valence-corrected chi connectivity index (χ0v) is 21.2. The van der Waals surface area contributed by atoms with Crippen LogP contribution in [0.2, 0.25) is 0 Å². The van der Waals surface area contributed by atoms with Crippen molar-refractivity contribution in [2.75, 3.05) is 20.6 Å². The summed E-state index contributed by atoms with van der Waals surface area (Å²) in [6.45, 7) is 8.59. The monoisotopic (exact) mass is 455 g/mol. The first-order valence-corrected chi connectivity index (χ1v) is 12.7. The normalized spacial score (nSPS) is 24.7. The Hall–Kier alpha value is -1.92. The molecule has 1 aromatic heterocycles. The van der Waals surface area contributed by atoms with E-state index in [1.165, 1.54) is 35.4 Å². The summed E-state index contributed by atoms with van der Waals surface area (Å²) in [5.74, 6) is 0.984. The molecule has 0 spiro atoms. The number of hydrogen-bond donors (Lipinski definition) is 0. The number of allylic oxidation sites excluding steroid dienone is 1. The fourth-order valence-corrected chi connectivity index (χ4v) is 5.91. The average Bonchev–Trinajstić information content (AvgIpc) is 3.16. The number of hydrogen-bond acceptors (Lipinski definition) is 5. The molecule has 2 aliphatic rings. The molecule has 0 N–H and O–H groups in total. The fraction of sp³-hybridized carbons (Fsp3) is 0.615. The Morgan fingerprint density at radius 1 is 1.19 bits per heavy atom. The van der Waals surface area contributed by atoms with Crippen LogP contribution in [0.3, 0.4) is 0 Å². The minimum atomic E-state index is -0.512. The summed E-state index contributed by atoms with van der Waals surface area (Å²) in [4.78, 5) is 22.1. The van der Waals surface area contributed by atoms with Crippen molar-refractivity contribution in [3.63, 3.8) is 0 Å². The number of thiazole rings is 1. The maximum atomic E-state index is 12.9. The minimum absolute atomic E-state index is 0.271. The number of carbonyl (C=O) groups excluding carboxylic acids is 1. The second-order valence-electron chi connectivity index (χ2n) is 10.7. The summed E-state index contributed by atoms with van der Waals surface area (Å²) >= 11 is 1.83. The molecule has 1 aliphatic heterocycles. The largest absolute Gasteiger partial charge is 0.443 e. The third-order valence-electron chi connectivity index (χ3n) is 6.59. The molecule has 1 atom stereocenters. The molecule has 1 saturated carbocycles. The van der Waals surface area contributed by atoms with Gasteiger partial charge in [-0.1, -0.05) is 19.1 Å². The van der Waals surface area contributed by atoms with Crippen LogP contribution in [0.15, 0.2) is 24.3 Å². The molecule has 1 fully saturated rings. The van der Waals surface area contributed by atoms with Crippen LogP contribution in [-0.2, 0) is 4.74 Å². The van der Waals surface area contributed by atoms with Gasteiger partial charge in [0.05, 0.1) is 20.9 Å². The van der Waals surface area contributed by atoms with E-state index in [9.17, 15) is 4.79 Å². The van der Waals surface area contributed by atoms with Crippen molar-refractivity contribution in [2.24, 2.45) is 5.92 Å². The second kappa shape index (κ2) is 9.14. The topological polar surface area (TPSA) is 45.7 Å². The summed E-state index contributed by atoms with van der Waals surface area (Å²) in [6, 6.07) is 7.15. The van der Waals surface area contributed by atoms with Gasteiger partial charge in [-0.15, -0.1) is 11.3 Å². The number of carbonyl (C=O) groups is 1. The summed E-state index contributed by atoms with van der Waals surface area (Å²) in [7, 11) is 4.37. The van der Waals surface area contributed by atoms with E-state index in [2.05, 4.69) is 50.2 Å². The van der Waals surface area contributed by atoms with Gasteiger partial charge in [-0.3, -0.25) is 4.90 Å². The maximum absolute atomic E-state index is 12.9. The van der Waals surface area contributed by atoms with Crippen LogP contribution < -0.4 is 0 Å². The predicted octanol–water partition coefficient (Wildman–Crippen LogP) is 6.50. The summed E-state index contributed by atoms with van der Waals surface area (Å²) in [5.41, 5.74) is 2.52. The van der Waals surface area contributed by atoms with Gasteiger partial charge in [-0.05, 0) is 85.0 Å². The minimum Gasteiger partial charge on any atom is -0.443 e. The lowest BCUT2D eigenvalue weighted by Crippen LogP contribution is -2.39. The molecule has 0 radical (unpaired) electrons. The molecule has 6 heteroatoms. The van der Waals surface area contributed by atoms with E-state index in [-0.39, 0.29) is 6.09 Å². The molecule has 5 nitrogen and oxygen atoms in total. The van der Waals surface area contributed by atoms with Gasteiger partial charge in [0.25, 0.3) is 0 Å². The molecule has 1 aliphatic carbocycles. The van der Waals surface area contributed by atoms with Crippen LogP contribution >= 0.6 is 11.3 Å². The van der Waals surface area contributed by atoms with Crippen LogP contribution in [0, 0.1) is 5.92 Å². The van der Waals surface area contributed by atoms with Gasteiger partial charge >= 0.3 is 6.09 Å². The third-order valence-corrected chi connectivity index (χ3v) is 7.79. The van der Waals surface area contributed by atoms with Crippen LogP contribution in [0.1, 0.15) is 76.3 Å². The SMILES string of the molecule is CC1CC=C(c2ccc3sc(C4CCC(N(C)C)CC4)nc3c2)N(C(=O)OC(C)(C)C)C1. The summed E-state index contributed by atoms with van der Waals surface area (Å²) in [6.07, 6.45) is 7.78. The van der Waals surface area contributed by atoms with E-state index in [1.807, 2.05) is 32.1 Å². The van der Waals surface area contributed by atoms with E-state index in [0.717, 1.165) is 23.2 Å². The number of rotatable bonds is 3. The maximum Gasteiger partial charge on any atom is 0.414 e. The Bertz CT molecular complexity index is 996. The van der Waals surface area contributed by atoms with E-state index in [4.69, 9.17) is 9.72 Å². The highest BCUT2D eigenvalue weighted by molar-refractivity contribution is 7.18. The molecule has 174 valence electrons. The van der Waals surface area contributed by atoms with Crippen molar-refractivity contribution >= 4 is 33.3 Å². The first-order chi connectivity index (χ1) is 15.1. The number of benzene rings is 1. The zero-order valence-electron chi connectivity index (χ0n) is 20.4.